The van der Waals surface area contributed by atoms with Crippen molar-refractivity contribution in [2.75, 3.05) is 13.1 Å². The normalized spacial score (nSPS) is 20.6. The zero-order valence-electron chi connectivity index (χ0n) is 19.3. The van der Waals surface area contributed by atoms with E-state index in [1.807, 2.05) is 4.90 Å². The first-order valence-corrected chi connectivity index (χ1v) is 11.9. The van der Waals surface area contributed by atoms with Crippen LogP contribution in [0, 0.1) is 11.8 Å². The lowest BCUT2D eigenvalue weighted by molar-refractivity contribution is -0.139. The van der Waals surface area contributed by atoms with Gasteiger partial charge < -0.3 is 14.0 Å². The molecule has 0 radical (unpaired) electrons. The van der Waals surface area contributed by atoms with Gasteiger partial charge in [-0.1, -0.05) is 12.8 Å². The Morgan fingerprint density at radius 1 is 1.11 bits per heavy atom. The maximum Gasteiger partial charge on any atom is 0.406 e. The third kappa shape index (κ3) is 3.84. The molecule has 5 heterocycles. The van der Waals surface area contributed by atoms with Gasteiger partial charge in [0.05, 0.1) is 11.3 Å². The number of carbonyl (C=O) groups is 1. The third-order valence-electron chi connectivity index (χ3n) is 7.51. The molecule has 1 aliphatic carbocycles. The van der Waals surface area contributed by atoms with Crippen LogP contribution in [0.25, 0.3) is 33.7 Å². The standard InChI is InChI=1S/C25H25F3N6O/c1-32-22-19(10-18(12-30-22)24(35)33-9-7-15-4-2-5-17(15)13-33)31-23(32)20-11-16-6-3-8-29-21(16)34(20)14-25(26,27)28/h3,6,8,10-12,15,17H,2,4-5,7,9,13-14H2,1H3. The summed E-state index contributed by atoms with van der Waals surface area (Å²) in [4.78, 5) is 28.4. The predicted octanol–water partition coefficient (Wildman–Crippen LogP) is 4.81. The van der Waals surface area contributed by atoms with Crippen LogP contribution in [-0.4, -0.2) is 54.2 Å². The van der Waals surface area contributed by atoms with E-state index in [4.69, 9.17) is 0 Å². The van der Waals surface area contributed by atoms with E-state index in [1.165, 1.54) is 25.5 Å². The fourth-order valence-electron chi connectivity index (χ4n) is 5.83. The predicted molar refractivity (Wildman–Crippen MR) is 125 cm³/mol. The van der Waals surface area contributed by atoms with Gasteiger partial charge >= 0.3 is 6.18 Å². The molecule has 7 nitrogen and oxygen atoms in total. The van der Waals surface area contributed by atoms with Gasteiger partial charge in [0.2, 0.25) is 0 Å². The lowest BCUT2D eigenvalue weighted by Crippen LogP contribution is -2.42. The Kier molecular flexibility index (Phi) is 5.08. The molecule has 1 saturated carbocycles. The Balaban J connectivity index is 1.38. The van der Waals surface area contributed by atoms with E-state index in [2.05, 4.69) is 15.0 Å². The number of hydrogen-bond donors (Lipinski definition) is 0. The fraction of sp³-hybridized carbons (Fsp3) is 0.440. The molecule has 1 amide bonds. The largest absolute Gasteiger partial charge is 0.406 e. The summed E-state index contributed by atoms with van der Waals surface area (Å²) in [6.45, 7) is 0.343. The summed E-state index contributed by atoms with van der Waals surface area (Å²) >= 11 is 0. The van der Waals surface area contributed by atoms with E-state index >= 15 is 0 Å². The van der Waals surface area contributed by atoms with Gasteiger partial charge in [-0.3, -0.25) is 4.79 Å². The van der Waals surface area contributed by atoms with E-state index in [-0.39, 0.29) is 11.6 Å². The Hall–Kier alpha value is -3.43. The number of nitrogens with zero attached hydrogens (tertiary/aromatic N) is 6. The second-order valence-corrected chi connectivity index (χ2v) is 9.70. The molecule has 2 fully saturated rings. The summed E-state index contributed by atoms with van der Waals surface area (Å²) in [6, 6.07) is 6.77. The number of alkyl halides is 3. The number of pyridine rings is 2. The quantitative estimate of drug-likeness (QED) is 0.420. The van der Waals surface area contributed by atoms with Gasteiger partial charge in [-0.2, -0.15) is 13.2 Å². The van der Waals surface area contributed by atoms with Crippen molar-refractivity contribution >= 4 is 28.1 Å². The second-order valence-electron chi connectivity index (χ2n) is 9.70. The van der Waals surface area contributed by atoms with Crippen molar-refractivity contribution in [2.24, 2.45) is 18.9 Å². The number of imidazole rings is 1. The van der Waals surface area contributed by atoms with Crippen LogP contribution in [0.3, 0.4) is 0 Å². The van der Waals surface area contributed by atoms with Crippen LogP contribution in [0.2, 0.25) is 0 Å². The van der Waals surface area contributed by atoms with Gasteiger partial charge in [0, 0.05) is 37.9 Å². The summed E-state index contributed by atoms with van der Waals surface area (Å²) in [5, 5.41) is 0.595. The molecule has 1 aliphatic heterocycles. The van der Waals surface area contributed by atoms with Crippen molar-refractivity contribution in [1.82, 2.24) is 29.0 Å². The Morgan fingerprint density at radius 2 is 1.94 bits per heavy atom. The molecule has 2 unspecified atom stereocenters. The first-order chi connectivity index (χ1) is 16.8. The number of amides is 1. The Bertz CT molecular complexity index is 1440. The van der Waals surface area contributed by atoms with Crippen LogP contribution in [-0.2, 0) is 13.6 Å². The molecule has 10 heteroatoms. The number of aromatic nitrogens is 5. The third-order valence-corrected chi connectivity index (χ3v) is 7.51. The van der Waals surface area contributed by atoms with E-state index in [1.54, 1.807) is 42.1 Å². The van der Waals surface area contributed by atoms with Gasteiger partial charge in [-0.25, -0.2) is 15.0 Å². The summed E-state index contributed by atoms with van der Waals surface area (Å²) < 4.78 is 43.0. The zero-order chi connectivity index (χ0) is 24.3. The molecular weight excluding hydrogens is 457 g/mol. The molecule has 0 aromatic carbocycles. The number of halogens is 3. The molecule has 4 aromatic rings. The molecule has 0 N–H and O–H groups in total. The summed E-state index contributed by atoms with van der Waals surface area (Å²) in [5.74, 6) is 1.59. The van der Waals surface area contributed by atoms with Crippen LogP contribution >= 0.6 is 0 Å². The number of fused-ring (bicyclic) bond motifs is 3. The second kappa shape index (κ2) is 8.07. The number of aryl methyl sites for hydroxylation is 1. The van der Waals surface area contributed by atoms with E-state index in [0.29, 0.717) is 39.5 Å². The van der Waals surface area contributed by atoms with E-state index in [0.717, 1.165) is 30.0 Å². The highest BCUT2D eigenvalue weighted by molar-refractivity contribution is 5.97. The maximum atomic E-state index is 13.4. The topological polar surface area (TPSA) is 68.8 Å². The van der Waals surface area contributed by atoms with E-state index in [9.17, 15) is 18.0 Å². The number of rotatable bonds is 3. The van der Waals surface area contributed by atoms with Crippen LogP contribution in [0.15, 0.2) is 36.7 Å². The van der Waals surface area contributed by atoms with Gasteiger partial charge in [0.25, 0.3) is 5.91 Å². The maximum absolute atomic E-state index is 13.4. The minimum absolute atomic E-state index is 0.0626. The van der Waals surface area contributed by atoms with Gasteiger partial charge in [0.1, 0.15) is 17.7 Å². The highest BCUT2D eigenvalue weighted by Gasteiger charge is 2.35. The lowest BCUT2D eigenvalue weighted by Gasteiger charge is -2.35. The van der Waals surface area contributed by atoms with Crippen LogP contribution in [0.5, 0.6) is 0 Å². The molecule has 6 rings (SSSR count). The summed E-state index contributed by atoms with van der Waals surface area (Å²) in [6.07, 6.45) is 3.31. The van der Waals surface area contributed by atoms with Crippen molar-refractivity contribution in [3.63, 3.8) is 0 Å². The van der Waals surface area contributed by atoms with Gasteiger partial charge in [0.15, 0.2) is 11.5 Å². The monoisotopic (exact) mass is 482 g/mol. The van der Waals surface area contributed by atoms with Gasteiger partial charge in [-0.05, 0) is 48.9 Å². The van der Waals surface area contributed by atoms with Crippen LogP contribution in [0.1, 0.15) is 36.0 Å². The van der Waals surface area contributed by atoms with Crippen molar-refractivity contribution < 1.29 is 18.0 Å². The van der Waals surface area contributed by atoms with Crippen molar-refractivity contribution in [2.45, 2.75) is 38.4 Å². The summed E-state index contributed by atoms with van der Waals surface area (Å²) in [5.41, 5.74) is 1.97. The first kappa shape index (κ1) is 22.1. The zero-order valence-corrected chi connectivity index (χ0v) is 19.3. The Labute approximate surface area is 199 Å². The molecule has 35 heavy (non-hydrogen) atoms. The SMILES string of the molecule is Cn1c(-c2cc3cccnc3n2CC(F)(F)F)nc2cc(C(=O)N3CCC4CCCC4C3)cnc21. The minimum atomic E-state index is -4.42. The first-order valence-electron chi connectivity index (χ1n) is 11.9. The molecule has 2 aliphatic rings. The number of hydrogen-bond acceptors (Lipinski definition) is 4. The fourth-order valence-corrected chi connectivity index (χ4v) is 5.83. The van der Waals surface area contributed by atoms with E-state index < -0.39 is 12.7 Å². The van der Waals surface area contributed by atoms with Crippen molar-refractivity contribution in [3.8, 4) is 11.5 Å². The number of carbonyl (C=O) groups excluding carboxylic acids is 1. The lowest BCUT2D eigenvalue weighted by atomic mass is 9.88. The van der Waals surface area contributed by atoms with Crippen molar-refractivity contribution in [1.29, 1.82) is 0 Å². The smallest absolute Gasteiger partial charge is 0.338 e. The highest BCUT2D eigenvalue weighted by atomic mass is 19.4. The molecule has 182 valence electrons. The molecule has 0 bridgehead atoms. The van der Waals surface area contributed by atoms with Gasteiger partial charge in [-0.15, -0.1) is 0 Å². The average Bonchev–Trinajstić information content (AvgIpc) is 3.53. The molecule has 4 aromatic heterocycles. The summed E-state index contributed by atoms with van der Waals surface area (Å²) in [7, 11) is 1.72. The Morgan fingerprint density at radius 3 is 2.77 bits per heavy atom. The van der Waals surface area contributed by atoms with Crippen molar-refractivity contribution in [3.05, 3.63) is 42.2 Å². The van der Waals surface area contributed by atoms with Crippen LogP contribution < -0.4 is 0 Å². The highest BCUT2D eigenvalue weighted by Crippen LogP contribution is 2.38. The minimum Gasteiger partial charge on any atom is -0.338 e. The molecular formula is C25H25F3N6O. The molecule has 2 atom stereocenters. The average molecular weight is 483 g/mol. The molecule has 0 spiro atoms. The van der Waals surface area contributed by atoms with Crippen LogP contribution in [0.4, 0.5) is 13.2 Å². The number of likely N-dealkylation sites (tertiary alicyclic amines) is 1. The molecule has 1 saturated heterocycles. The number of piperidine rings is 1.